The van der Waals surface area contributed by atoms with Gasteiger partial charge in [-0.05, 0) is 49.7 Å². The molecule has 7 nitrogen and oxygen atoms in total. The van der Waals surface area contributed by atoms with Crippen molar-refractivity contribution in [2.45, 2.75) is 19.9 Å². The minimum atomic E-state index is -0.497. The highest BCUT2D eigenvalue weighted by atomic mass is 19.1. The van der Waals surface area contributed by atoms with Crippen LogP contribution in [0.25, 0.3) is 33.4 Å². The number of aromatic amines is 1. The Morgan fingerprint density at radius 2 is 2.03 bits per heavy atom. The first-order valence-electron chi connectivity index (χ1n) is 9.89. The van der Waals surface area contributed by atoms with E-state index in [0.717, 1.165) is 22.5 Å². The summed E-state index contributed by atoms with van der Waals surface area (Å²) in [5, 5.41) is 7.81. The Kier molecular flexibility index (Phi) is 4.63. The standard InChI is InChI=1S/C22H21FN6O/c1-13-3-4-16(22(23)26-13)17-11-19(29-9-10-30-12-14(29)2)27-20-15(17)5-7-24-21(20)18-6-8-25-28-18/h3-8,11,14H,9-10,12H2,1-2H3,(H,25,28). The van der Waals surface area contributed by atoms with Gasteiger partial charge in [0, 0.05) is 35.6 Å². The highest BCUT2D eigenvalue weighted by Gasteiger charge is 2.24. The molecule has 0 radical (unpaired) electrons. The topological polar surface area (TPSA) is 79.8 Å². The van der Waals surface area contributed by atoms with E-state index in [1.165, 1.54) is 0 Å². The maximum absolute atomic E-state index is 14.9. The van der Waals surface area contributed by atoms with Crippen molar-refractivity contribution in [3.8, 4) is 22.5 Å². The van der Waals surface area contributed by atoms with Crippen LogP contribution in [-0.2, 0) is 4.74 Å². The molecule has 1 N–H and O–H groups in total. The Morgan fingerprint density at radius 3 is 2.80 bits per heavy atom. The minimum absolute atomic E-state index is 0.157. The number of aromatic nitrogens is 5. The van der Waals surface area contributed by atoms with Crippen LogP contribution in [0, 0.1) is 12.9 Å². The van der Waals surface area contributed by atoms with Gasteiger partial charge in [-0.3, -0.25) is 10.1 Å². The lowest BCUT2D eigenvalue weighted by Crippen LogP contribution is -2.44. The summed E-state index contributed by atoms with van der Waals surface area (Å²) in [6.07, 6.45) is 3.38. The molecule has 5 heterocycles. The molecule has 1 aliphatic heterocycles. The van der Waals surface area contributed by atoms with Crippen LogP contribution in [0.2, 0.25) is 0 Å². The van der Waals surface area contributed by atoms with Crippen molar-refractivity contribution >= 4 is 16.7 Å². The first kappa shape index (κ1) is 18.6. The van der Waals surface area contributed by atoms with E-state index in [-0.39, 0.29) is 6.04 Å². The molecule has 1 aliphatic rings. The lowest BCUT2D eigenvalue weighted by molar-refractivity contribution is 0.0986. The Labute approximate surface area is 173 Å². The van der Waals surface area contributed by atoms with Crippen molar-refractivity contribution in [3.05, 3.63) is 54.4 Å². The second-order valence-electron chi connectivity index (χ2n) is 7.46. The molecule has 30 heavy (non-hydrogen) atoms. The van der Waals surface area contributed by atoms with Gasteiger partial charge >= 0.3 is 0 Å². The van der Waals surface area contributed by atoms with Crippen LogP contribution in [-0.4, -0.2) is 50.9 Å². The van der Waals surface area contributed by atoms with Crippen molar-refractivity contribution < 1.29 is 9.13 Å². The van der Waals surface area contributed by atoms with E-state index in [9.17, 15) is 4.39 Å². The van der Waals surface area contributed by atoms with Crippen LogP contribution < -0.4 is 4.90 Å². The number of morpholine rings is 1. The normalized spacial score (nSPS) is 16.9. The van der Waals surface area contributed by atoms with Gasteiger partial charge in [0.2, 0.25) is 5.95 Å². The van der Waals surface area contributed by atoms with Gasteiger partial charge in [-0.1, -0.05) is 0 Å². The van der Waals surface area contributed by atoms with Gasteiger partial charge in [-0.15, -0.1) is 0 Å². The number of fused-ring (bicyclic) bond motifs is 1. The number of pyridine rings is 3. The fourth-order valence-corrected chi connectivity index (χ4v) is 3.89. The molecule has 0 amide bonds. The van der Waals surface area contributed by atoms with Crippen LogP contribution >= 0.6 is 0 Å². The Balaban J connectivity index is 1.80. The molecule has 152 valence electrons. The predicted octanol–water partition coefficient (Wildman–Crippen LogP) is 3.75. The second-order valence-corrected chi connectivity index (χ2v) is 7.46. The third-order valence-corrected chi connectivity index (χ3v) is 5.41. The summed E-state index contributed by atoms with van der Waals surface area (Å²) >= 11 is 0. The molecule has 0 bridgehead atoms. The lowest BCUT2D eigenvalue weighted by atomic mass is 10.0. The molecule has 0 aromatic carbocycles. The third kappa shape index (κ3) is 3.19. The minimum Gasteiger partial charge on any atom is -0.377 e. The monoisotopic (exact) mass is 404 g/mol. The van der Waals surface area contributed by atoms with Gasteiger partial charge in [0.1, 0.15) is 17.0 Å². The number of halogens is 1. The quantitative estimate of drug-likeness (QED) is 0.524. The summed E-state index contributed by atoms with van der Waals surface area (Å²) in [5.41, 5.74) is 3.94. The highest BCUT2D eigenvalue weighted by Crippen LogP contribution is 2.36. The average Bonchev–Trinajstić information content (AvgIpc) is 3.28. The molecule has 1 atom stereocenters. The Bertz CT molecular complexity index is 1210. The number of rotatable bonds is 3. The second kappa shape index (κ2) is 7.46. The van der Waals surface area contributed by atoms with Gasteiger partial charge in [0.25, 0.3) is 0 Å². The van der Waals surface area contributed by atoms with Crippen molar-refractivity contribution in [3.63, 3.8) is 0 Å². The van der Waals surface area contributed by atoms with E-state index in [4.69, 9.17) is 9.72 Å². The predicted molar refractivity (Wildman–Crippen MR) is 113 cm³/mol. The Morgan fingerprint density at radius 1 is 1.13 bits per heavy atom. The zero-order valence-electron chi connectivity index (χ0n) is 16.8. The molecule has 1 saturated heterocycles. The fraction of sp³-hybridized carbons (Fsp3) is 0.273. The number of nitrogens with one attached hydrogen (secondary N) is 1. The largest absolute Gasteiger partial charge is 0.377 e. The molecule has 0 spiro atoms. The zero-order chi connectivity index (χ0) is 20.7. The number of aryl methyl sites for hydroxylation is 1. The SMILES string of the molecule is Cc1ccc(-c2cc(N3CCOCC3C)nc3c(-c4ccn[nH]4)nccc23)c(F)n1. The van der Waals surface area contributed by atoms with Gasteiger partial charge < -0.3 is 9.64 Å². The van der Waals surface area contributed by atoms with Gasteiger partial charge in [0.05, 0.1) is 24.9 Å². The van der Waals surface area contributed by atoms with Crippen LogP contribution in [0.4, 0.5) is 10.2 Å². The van der Waals surface area contributed by atoms with Crippen molar-refractivity contribution in [1.29, 1.82) is 0 Å². The molecule has 5 rings (SSSR count). The van der Waals surface area contributed by atoms with E-state index in [2.05, 4.69) is 32.0 Å². The third-order valence-electron chi connectivity index (χ3n) is 5.41. The summed E-state index contributed by atoms with van der Waals surface area (Å²) in [4.78, 5) is 15.7. The van der Waals surface area contributed by atoms with E-state index >= 15 is 0 Å². The van der Waals surface area contributed by atoms with Crippen LogP contribution in [0.15, 0.2) is 42.7 Å². The number of hydrogen-bond acceptors (Lipinski definition) is 6. The average molecular weight is 404 g/mol. The van der Waals surface area contributed by atoms with E-state index < -0.39 is 5.95 Å². The molecule has 1 unspecified atom stereocenters. The van der Waals surface area contributed by atoms with Crippen molar-refractivity contribution in [1.82, 2.24) is 25.1 Å². The molecule has 8 heteroatoms. The maximum atomic E-state index is 14.9. The summed E-state index contributed by atoms with van der Waals surface area (Å²) in [5.74, 6) is 0.269. The Hall–Kier alpha value is -3.39. The van der Waals surface area contributed by atoms with Crippen LogP contribution in [0.5, 0.6) is 0 Å². The lowest BCUT2D eigenvalue weighted by Gasteiger charge is -2.34. The maximum Gasteiger partial charge on any atom is 0.220 e. The van der Waals surface area contributed by atoms with Gasteiger partial charge in [-0.25, -0.2) is 9.97 Å². The molecule has 0 saturated carbocycles. The first-order valence-corrected chi connectivity index (χ1v) is 9.89. The number of nitrogens with zero attached hydrogens (tertiary/aromatic N) is 5. The molecule has 4 aromatic heterocycles. The van der Waals surface area contributed by atoms with Crippen molar-refractivity contribution in [2.24, 2.45) is 0 Å². The van der Waals surface area contributed by atoms with E-state index in [0.29, 0.717) is 42.2 Å². The number of hydrogen-bond donors (Lipinski definition) is 1. The number of anilines is 1. The molecule has 4 aromatic rings. The summed E-state index contributed by atoms with van der Waals surface area (Å²) in [7, 11) is 0. The number of H-pyrrole nitrogens is 1. The molecule has 0 aliphatic carbocycles. The molecule has 1 fully saturated rings. The van der Waals surface area contributed by atoms with Crippen LogP contribution in [0.3, 0.4) is 0 Å². The summed E-state index contributed by atoms with van der Waals surface area (Å²) in [6, 6.07) is 9.40. The highest BCUT2D eigenvalue weighted by molar-refractivity contribution is 6.01. The van der Waals surface area contributed by atoms with Gasteiger partial charge in [-0.2, -0.15) is 9.49 Å². The van der Waals surface area contributed by atoms with Crippen molar-refractivity contribution in [2.75, 3.05) is 24.7 Å². The summed E-state index contributed by atoms with van der Waals surface area (Å²) in [6.45, 7) is 5.83. The van der Waals surface area contributed by atoms with Crippen LogP contribution in [0.1, 0.15) is 12.6 Å². The fourth-order valence-electron chi connectivity index (χ4n) is 3.89. The van der Waals surface area contributed by atoms with E-state index in [1.807, 2.05) is 24.3 Å². The summed E-state index contributed by atoms with van der Waals surface area (Å²) < 4.78 is 20.5. The first-order chi connectivity index (χ1) is 14.6. The zero-order valence-corrected chi connectivity index (χ0v) is 16.8. The molecular weight excluding hydrogens is 383 g/mol. The molecular formula is C22H21FN6O. The smallest absolute Gasteiger partial charge is 0.220 e. The van der Waals surface area contributed by atoms with Gasteiger partial charge in [0.15, 0.2) is 0 Å². The van der Waals surface area contributed by atoms with E-state index in [1.54, 1.807) is 25.4 Å². The number of ether oxygens (including phenoxy) is 1.